The molecule has 2 aromatic heterocycles. The van der Waals surface area contributed by atoms with Crippen molar-refractivity contribution in [2.24, 2.45) is 0 Å². The van der Waals surface area contributed by atoms with Gasteiger partial charge in [-0.1, -0.05) is 42.1 Å². The maximum Gasteiger partial charge on any atom is 0.336 e. The Bertz CT molecular complexity index is 1140. The first-order chi connectivity index (χ1) is 13.3. The van der Waals surface area contributed by atoms with Crippen molar-refractivity contribution in [1.82, 2.24) is 14.8 Å². The molecule has 0 N–H and O–H groups in total. The average Bonchev–Trinajstić information content (AvgIpc) is 3.13. The van der Waals surface area contributed by atoms with E-state index in [1.165, 1.54) is 0 Å². The lowest BCUT2D eigenvalue weighted by atomic mass is 10.0. The fourth-order valence-electron chi connectivity index (χ4n) is 3.16. The average molecular weight is 381 g/mol. The Hall–Kier alpha value is -2.64. The second-order valence-corrected chi connectivity index (χ2v) is 7.13. The normalized spacial score (nSPS) is 11.4. The number of benzene rings is 2. The van der Waals surface area contributed by atoms with Crippen molar-refractivity contribution in [2.45, 2.75) is 23.9 Å². The summed E-state index contributed by atoms with van der Waals surface area (Å²) in [7, 11) is 1.69. The van der Waals surface area contributed by atoms with Gasteiger partial charge in [0.1, 0.15) is 11.9 Å². The van der Waals surface area contributed by atoms with Gasteiger partial charge in [-0.05, 0) is 28.8 Å². The van der Waals surface area contributed by atoms with Crippen molar-refractivity contribution in [1.29, 1.82) is 0 Å². The molecule has 0 bridgehead atoms. The second-order valence-electron chi connectivity index (χ2n) is 6.19. The number of fused-ring (bicyclic) bond motifs is 3. The molecule has 27 heavy (non-hydrogen) atoms. The predicted molar refractivity (Wildman–Crippen MR) is 106 cm³/mol. The summed E-state index contributed by atoms with van der Waals surface area (Å²) >= 11 is 1.56. The van der Waals surface area contributed by atoms with Gasteiger partial charge in [0, 0.05) is 37.5 Å². The van der Waals surface area contributed by atoms with Crippen LogP contribution in [0, 0.1) is 0 Å². The van der Waals surface area contributed by atoms with Crippen LogP contribution in [0.25, 0.3) is 21.7 Å². The molecule has 0 saturated heterocycles. The predicted octanol–water partition coefficient (Wildman–Crippen LogP) is 3.87. The minimum Gasteiger partial charge on any atom is -0.423 e. The zero-order valence-electron chi connectivity index (χ0n) is 14.9. The summed E-state index contributed by atoms with van der Waals surface area (Å²) < 4.78 is 12.5. The second kappa shape index (κ2) is 7.94. The molecule has 0 atom stereocenters. The summed E-state index contributed by atoms with van der Waals surface area (Å²) in [6.45, 7) is 1.49. The minimum atomic E-state index is -0.338. The molecule has 0 fully saturated rings. The quantitative estimate of drug-likeness (QED) is 0.209. The third-order valence-electron chi connectivity index (χ3n) is 4.40. The molecule has 0 aliphatic rings. The highest BCUT2D eigenvalue weighted by atomic mass is 32.2. The van der Waals surface area contributed by atoms with Gasteiger partial charge >= 0.3 is 5.63 Å². The van der Waals surface area contributed by atoms with Crippen LogP contribution in [0.5, 0.6) is 0 Å². The Morgan fingerprint density at radius 3 is 3.00 bits per heavy atom. The van der Waals surface area contributed by atoms with E-state index in [1.807, 2.05) is 28.8 Å². The lowest BCUT2D eigenvalue weighted by Gasteiger charge is -2.09. The van der Waals surface area contributed by atoms with Crippen LogP contribution < -0.4 is 5.63 Å². The van der Waals surface area contributed by atoms with Gasteiger partial charge in [0.25, 0.3) is 0 Å². The lowest BCUT2D eigenvalue weighted by Crippen LogP contribution is -2.03. The van der Waals surface area contributed by atoms with Crippen LogP contribution in [0.2, 0.25) is 0 Å². The van der Waals surface area contributed by atoms with E-state index in [0.29, 0.717) is 17.9 Å². The summed E-state index contributed by atoms with van der Waals surface area (Å²) in [6, 6.07) is 13.5. The molecule has 138 valence electrons. The summed E-state index contributed by atoms with van der Waals surface area (Å²) in [5.74, 6) is 0.610. The summed E-state index contributed by atoms with van der Waals surface area (Å²) in [5, 5.41) is 12.2. The number of ether oxygens (including phenoxy) is 1. The van der Waals surface area contributed by atoms with E-state index < -0.39 is 0 Å². The summed E-state index contributed by atoms with van der Waals surface area (Å²) in [6.07, 6.45) is 2.62. The Kier molecular flexibility index (Phi) is 5.22. The van der Waals surface area contributed by atoms with E-state index in [-0.39, 0.29) is 5.63 Å². The molecule has 0 aliphatic carbocycles. The van der Waals surface area contributed by atoms with Gasteiger partial charge in [0.2, 0.25) is 0 Å². The maximum absolute atomic E-state index is 12.0. The van der Waals surface area contributed by atoms with Gasteiger partial charge in [-0.25, -0.2) is 4.79 Å². The zero-order chi connectivity index (χ0) is 18.6. The van der Waals surface area contributed by atoms with E-state index >= 15 is 0 Å². The van der Waals surface area contributed by atoms with Crippen molar-refractivity contribution in [3.8, 4) is 0 Å². The molecule has 7 heteroatoms. The van der Waals surface area contributed by atoms with Gasteiger partial charge in [-0.2, -0.15) is 0 Å². The fraction of sp³-hybridized carbons (Fsp3) is 0.250. The van der Waals surface area contributed by atoms with Crippen LogP contribution in [0.4, 0.5) is 0 Å². The van der Waals surface area contributed by atoms with Crippen LogP contribution in [-0.2, 0) is 17.0 Å². The molecule has 0 spiro atoms. The molecule has 0 aliphatic heterocycles. The number of aromatic nitrogens is 3. The lowest BCUT2D eigenvalue weighted by molar-refractivity contribution is 0.189. The zero-order valence-corrected chi connectivity index (χ0v) is 15.7. The number of rotatable bonds is 7. The summed E-state index contributed by atoms with van der Waals surface area (Å²) in [4.78, 5) is 12.0. The highest BCUT2D eigenvalue weighted by molar-refractivity contribution is 7.98. The highest BCUT2D eigenvalue weighted by Gasteiger charge is 2.12. The van der Waals surface area contributed by atoms with Crippen molar-refractivity contribution in [2.75, 3.05) is 13.7 Å². The van der Waals surface area contributed by atoms with Gasteiger partial charge in [0.15, 0.2) is 5.16 Å². The molecule has 0 unspecified atom stereocenters. The number of thioether (sulfide) groups is 1. The van der Waals surface area contributed by atoms with E-state index in [9.17, 15) is 4.79 Å². The van der Waals surface area contributed by atoms with E-state index in [2.05, 4.69) is 22.3 Å². The number of hydrogen-bond donors (Lipinski definition) is 0. The van der Waals surface area contributed by atoms with Gasteiger partial charge in [-0.15, -0.1) is 10.2 Å². The molecule has 0 radical (unpaired) electrons. The third-order valence-corrected chi connectivity index (χ3v) is 5.43. The number of methoxy groups -OCH3 is 1. The molecule has 4 rings (SSSR count). The Morgan fingerprint density at radius 2 is 2.11 bits per heavy atom. The number of nitrogens with zero attached hydrogens (tertiary/aromatic N) is 3. The summed E-state index contributed by atoms with van der Waals surface area (Å²) in [5.41, 5.74) is 1.21. The van der Waals surface area contributed by atoms with Crippen molar-refractivity contribution in [3.05, 3.63) is 64.8 Å². The molecular weight excluding hydrogens is 362 g/mol. The van der Waals surface area contributed by atoms with Crippen LogP contribution >= 0.6 is 11.8 Å². The van der Waals surface area contributed by atoms with Crippen LogP contribution in [-0.4, -0.2) is 28.5 Å². The van der Waals surface area contributed by atoms with Crippen molar-refractivity contribution >= 4 is 33.5 Å². The first-order valence-electron chi connectivity index (χ1n) is 8.70. The molecular formula is C20H19N3O3S. The molecule has 2 aromatic carbocycles. The first-order valence-corrected chi connectivity index (χ1v) is 9.69. The molecule has 0 amide bonds. The maximum atomic E-state index is 12.0. The van der Waals surface area contributed by atoms with E-state index in [4.69, 9.17) is 9.15 Å². The minimum absolute atomic E-state index is 0.338. The molecule has 6 nitrogen and oxygen atoms in total. The van der Waals surface area contributed by atoms with E-state index in [1.54, 1.807) is 31.3 Å². The third kappa shape index (κ3) is 3.74. The monoisotopic (exact) mass is 381 g/mol. The number of aryl methyl sites for hydroxylation is 1. The van der Waals surface area contributed by atoms with Gasteiger partial charge in [-0.3, -0.25) is 0 Å². The SMILES string of the molecule is COCCCn1cnnc1SCc1cc(=O)oc2ccc3ccccc3c12. The Labute approximate surface area is 160 Å². The van der Waals surface area contributed by atoms with E-state index in [0.717, 1.165) is 39.8 Å². The van der Waals surface area contributed by atoms with Crippen LogP contribution in [0.3, 0.4) is 0 Å². The van der Waals surface area contributed by atoms with Crippen LogP contribution in [0.1, 0.15) is 12.0 Å². The largest absolute Gasteiger partial charge is 0.423 e. The van der Waals surface area contributed by atoms with Crippen molar-refractivity contribution < 1.29 is 9.15 Å². The first kappa shape index (κ1) is 17.8. The Balaban J connectivity index is 1.67. The highest BCUT2D eigenvalue weighted by Crippen LogP contribution is 2.31. The van der Waals surface area contributed by atoms with Gasteiger partial charge in [0.05, 0.1) is 0 Å². The topological polar surface area (TPSA) is 70.2 Å². The fourth-order valence-corrected chi connectivity index (χ4v) is 4.09. The molecule has 4 aromatic rings. The Morgan fingerprint density at radius 1 is 1.22 bits per heavy atom. The molecule has 2 heterocycles. The van der Waals surface area contributed by atoms with Crippen LogP contribution in [0.15, 0.2) is 63.2 Å². The van der Waals surface area contributed by atoms with Crippen molar-refractivity contribution in [3.63, 3.8) is 0 Å². The smallest absolute Gasteiger partial charge is 0.336 e. The standard InChI is InChI=1S/C20H19N3O3S/c1-25-10-4-9-23-13-21-22-20(23)27-12-15-11-18(24)26-17-8-7-14-5-2-3-6-16(14)19(15)17/h2-3,5-8,11,13H,4,9-10,12H2,1H3. The molecule has 0 saturated carbocycles. The van der Waals surface area contributed by atoms with Gasteiger partial charge < -0.3 is 13.7 Å². The number of hydrogen-bond acceptors (Lipinski definition) is 6.